The lowest BCUT2D eigenvalue weighted by atomic mass is 9.71. The lowest BCUT2D eigenvalue weighted by molar-refractivity contribution is -0.632. The maximum Gasteiger partial charge on any atom is 0.590 e. The van der Waals surface area contributed by atoms with Crippen LogP contribution >= 0.6 is 0 Å². The van der Waals surface area contributed by atoms with Gasteiger partial charge in [0.15, 0.2) is 25.7 Å². The zero-order valence-electron chi connectivity index (χ0n) is 43.0. The fraction of sp³-hybridized carbons (Fsp3) is 0.611. The maximum atomic E-state index is 14.0. The molecular weight excluding hydrogens is 1560 g/mol. The molecule has 98 heavy (non-hydrogen) atoms. The molecule has 2 atom stereocenters. The van der Waals surface area contributed by atoms with Gasteiger partial charge in [-0.25, -0.2) is 13.9 Å². The van der Waals surface area contributed by atoms with Crippen LogP contribution in [-0.2, 0) is 80.5 Å². The van der Waals surface area contributed by atoms with E-state index in [-0.39, 0.29) is 12.5 Å². The standard InChI is InChI=1S/C9H3F11O2.C6F8O4.C5HF7O2.C5H2F6O2.C4F6O3.C4H2F4O2.C3HF3O2/c1-4(12)5(13,14)6(15,16)7(17,18)8(19,20)9(4)21-2(10)3(11)22-9;7-1-2(8)16-3(15-1)4(9,10)17-6(13,14)18-5(3,11)12;6-2-1-13-3(14-2,4(7,8)9)5(10,11)12;6-2(7)3-12-1-4(8,13-3)5(9,10)11;5-1-2(12-3(6,7)8)13-4(9,10)11-1;5-2(6)3-9-1-4(7,8)10-3;4-2-1-7-3(5,6)8-2/h1H3;;1H;1H2;;1H2;1H. The van der Waals surface area contributed by atoms with E-state index >= 15 is 0 Å². The molecule has 4 fully saturated rings. The van der Waals surface area contributed by atoms with Crippen LogP contribution < -0.4 is 0 Å². The van der Waals surface area contributed by atoms with Crippen LogP contribution in [0.15, 0.2) is 84.6 Å². The highest BCUT2D eigenvalue weighted by molar-refractivity contribution is 5.28. The minimum absolute atomic E-state index is 0.208. The number of rotatable bonds is 1. The second-order valence-corrected chi connectivity index (χ2v) is 16.6. The Morgan fingerprint density at radius 2 is 0.755 bits per heavy atom. The highest BCUT2D eigenvalue weighted by Crippen LogP contribution is 2.71. The molecule has 0 radical (unpaired) electrons. The first-order chi connectivity index (χ1) is 43.1. The summed E-state index contributed by atoms with van der Waals surface area (Å²) in [6.07, 6.45) is -56.3. The Bertz CT molecular complexity index is 3030. The fourth-order valence-corrected chi connectivity index (χ4v) is 5.80. The van der Waals surface area contributed by atoms with Crippen molar-refractivity contribution < 1.29 is 278 Å². The van der Waals surface area contributed by atoms with Crippen molar-refractivity contribution in [2.75, 3.05) is 13.2 Å². The third kappa shape index (κ3) is 16.3. The number of ether oxygens (including phenoxy) is 17. The highest BCUT2D eigenvalue weighted by Gasteiger charge is 3.02. The molecule has 0 aromatic heterocycles. The van der Waals surface area contributed by atoms with Gasteiger partial charge in [-0.1, -0.05) is 0 Å². The van der Waals surface area contributed by atoms with Crippen LogP contribution in [0.4, 0.5) is 198 Å². The Balaban J connectivity index is 0.000000304. The minimum Gasteiger partial charge on any atom is -0.454 e. The van der Waals surface area contributed by atoms with Crippen LogP contribution in [0.2, 0.25) is 0 Å². The highest BCUT2D eigenvalue weighted by atomic mass is 19.4. The number of hydrogen-bond donors (Lipinski definition) is 0. The van der Waals surface area contributed by atoms with E-state index in [1.165, 1.54) is 0 Å². The number of alkyl halides is 34. The summed E-state index contributed by atoms with van der Waals surface area (Å²) in [4.78, 5) is 0. The van der Waals surface area contributed by atoms with E-state index in [1.54, 1.807) is 0 Å². The van der Waals surface area contributed by atoms with Crippen molar-refractivity contribution in [3.8, 4) is 0 Å². The minimum atomic E-state index is -6.96. The SMILES string of the molecule is CC1(F)C(F)(F)C(F)(F)C(F)(F)C(F)(F)C12OC(F)=C(F)O2.FC(F)=C1OCC(F)(C(F)(F)F)O1.FC(F)=C1OCC(F)(F)O1.FC1=C(F)OC2(O1)C(F)(F)OC(F)(F)OC2(F)F.FC1=C(OC(F)(F)F)OC(F)(F)O1.FC1=COC(C(F)(F)F)(C(F)(F)F)O1.FC1=COC(F)(F)O1. The Morgan fingerprint density at radius 3 is 1.01 bits per heavy atom. The lowest BCUT2D eigenvalue weighted by Gasteiger charge is -2.54. The normalized spacial score (nSPS) is 27.7. The van der Waals surface area contributed by atoms with Crippen molar-refractivity contribution in [1.82, 2.24) is 0 Å². The molecule has 8 heterocycles. The van der Waals surface area contributed by atoms with E-state index < -0.39 is 207 Å². The summed E-state index contributed by atoms with van der Waals surface area (Å²) in [5, 5.41) is 0. The summed E-state index contributed by atoms with van der Waals surface area (Å²) >= 11 is 0. The first kappa shape index (κ1) is 84.2. The molecule has 0 amide bonds. The molecule has 0 aromatic carbocycles. The summed E-state index contributed by atoms with van der Waals surface area (Å²) in [6.45, 7) is -3.50. The van der Waals surface area contributed by atoms with Crippen LogP contribution in [0.1, 0.15) is 6.92 Å². The molecule has 1 aliphatic carbocycles. The summed E-state index contributed by atoms with van der Waals surface area (Å²) in [6, 6.07) is -16.7. The van der Waals surface area contributed by atoms with Crippen molar-refractivity contribution in [2.24, 2.45) is 0 Å². The van der Waals surface area contributed by atoms with Crippen molar-refractivity contribution in [2.45, 2.75) is 122 Å². The zero-order chi connectivity index (χ0) is 77.3. The monoisotopic (exact) mass is 1570 g/mol. The molecule has 2 spiro atoms. The molecule has 0 N–H and O–H groups in total. The molecule has 62 heteroatoms. The molecular formula is C36H9F45O17. The van der Waals surface area contributed by atoms with Crippen molar-refractivity contribution in [3.05, 3.63) is 84.6 Å². The van der Waals surface area contributed by atoms with Crippen LogP contribution in [0.25, 0.3) is 0 Å². The van der Waals surface area contributed by atoms with Gasteiger partial charge < -0.3 is 71.1 Å². The van der Waals surface area contributed by atoms with Gasteiger partial charge in [-0.05, 0) is 6.92 Å². The predicted molar refractivity (Wildman–Crippen MR) is 187 cm³/mol. The van der Waals surface area contributed by atoms with Crippen LogP contribution in [0, 0.1) is 0 Å². The topological polar surface area (TPSA) is 157 Å². The van der Waals surface area contributed by atoms with Crippen molar-refractivity contribution in [3.63, 3.8) is 0 Å². The van der Waals surface area contributed by atoms with E-state index in [2.05, 4.69) is 80.5 Å². The first-order valence-corrected chi connectivity index (χ1v) is 21.5. The van der Waals surface area contributed by atoms with Crippen LogP contribution in [0.3, 0.4) is 0 Å². The Labute approximate surface area is 498 Å². The quantitative estimate of drug-likeness (QED) is 0.228. The second kappa shape index (κ2) is 25.9. The molecule has 3 saturated heterocycles. The largest absolute Gasteiger partial charge is 0.590 e. The number of halogens is 45. The van der Waals surface area contributed by atoms with Gasteiger partial charge in [-0.15, -0.1) is 39.5 Å². The van der Waals surface area contributed by atoms with Gasteiger partial charge in [0.1, 0.15) is 0 Å². The van der Waals surface area contributed by atoms with E-state index in [0.29, 0.717) is 0 Å². The molecule has 1 saturated carbocycles. The van der Waals surface area contributed by atoms with E-state index in [4.69, 9.17) is 0 Å². The molecule has 0 bridgehead atoms. The molecule has 9 rings (SSSR count). The van der Waals surface area contributed by atoms with E-state index in [9.17, 15) is 198 Å². The van der Waals surface area contributed by atoms with Crippen LogP contribution in [0.5, 0.6) is 0 Å². The third-order valence-electron chi connectivity index (χ3n) is 9.89. The van der Waals surface area contributed by atoms with Gasteiger partial charge in [-0.2, -0.15) is 154 Å². The fourth-order valence-electron chi connectivity index (χ4n) is 5.80. The molecule has 8 aliphatic heterocycles. The lowest BCUT2D eigenvalue weighted by Crippen LogP contribution is -2.85. The Kier molecular flexibility index (Phi) is 22.3. The summed E-state index contributed by atoms with van der Waals surface area (Å²) in [5.41, 5.74) is -5.44. The second-order valence-electron chi connectivity index (χ2n) is 16.6. The first-order valence-electron chi connectivity index (χ1n) is 21.5. The summed E-state index contributed by atoms with van der Waals surface area (Å²) in [5.74, 6) is -51.5. The maximum absolute atomic E-state index is 14.0. The molecule has 2 unspecified atom stereocenters. The van der Waals surface area contributed by atoms with E-state index in [1.807, 2.05) is 0 Å². The summed E-state index contributed by atoms with van der Waals surface area (Å²) in [7, 11) is 0. The molecule has 17 nitrogen and oxygen atoms in total. The van der Waals surface area contributed by atoms with E-state index in [0.717, 1.165) is 0 Å². The van der Waals surface area contributed by atoms with Gasteiger partial charge in [-0.3, -0.25) is 0 Å². The molecule has 570 valence electrons. The average molecular weight is 1570 g/mol. The van der Waals surface area contributed by atoms with Gasteiger partial charge in [0.2, 0.25) is 0 Å². The van der Waals surface area contributed by atoms with Gasteiger partial charge in [0.25, 0.3) is 5.67 Å². The Morgan fingerprint density at radius 1 is 0.378 bits per heavy atom. The van der Waals surface area contributed by atoms with Gasteiger partial charge in [0.05, 0.1) is 0 Å². The molecule has 0 aromatic rings. The third-order valence-corrected chi connectivity index (χ3v) is 9.89. The predicted octanol–water partition coefficient (Wildman–Crippen LogP) is 16.9. The number of hydrogen-bond acceptors (Lipinski definition) is 17. The van der Waals surface area contributed by atoms with Crippen molar-refractivity contribution >= 4 is 0 Å². The van der Waals surface area contributed by atoms with Crippen LogP contribution in [-0.4, -0.2) is 128 Å². The van der Waals surface area contributed by atoms with Gasteiger partial charge >= 0.3 is 181 Å². The average Bonchev–Trinajstić information content (AvgIpc) is 1.12. The zero-order valence-corrected chi connectivity index (χ0v) is 43.0. The van der Waals surface area contributed by atoms with Crippen molar-refractivity contribution in [1.29, 1.82) is 0 Å². The van der Waals surface area contributed by atoms with Gasteiger partial charge in [0, 0.05) is 0 Å². The smallest absolute Gasteiger partial charge is 0.454 e. The molecule has 9 aliphatic rings. The Hall–Kier alpha value is -8.05. The summed E-state index contributed by atoms with van der Waals surface area (Å²) < 4.78 is 606.